The average molecular weight is 745 g/mol. The third kappa shape index (κ3) is 37.0. The molecule has 0 heterocycles. The number of ether oxygens (including phenoxy) is 4. The minimum atomic E-state index is -1.14. The van der Waals surface area contributed by atoms with Crippen LogP contribution in [0, 0.1) is 0 Å². The number of carboxylic acids is 1. The van der Waals surface area contributed by atoms with Crippen molar-refractivity contribution < 1.29 is 48.0 Å². The minimum Gasteiger partial charge on any atom is -0.480 e. The normalized spacial score (nSPS) is 11.6. The Hall–Kier alpha value is -2.81. The molecule has 52 heavy (non-hydrogen) atoms. The Balaban J connectivity index is 3.63. The van der Waals surface area contributed by atoms with Crippen LogP contribution in [0.2, 0.25) is 0 Å². The Kier molecular flexibility index (Phi) is 35.9. The molecule has 6 N–H and O–H groups in total. The van der Waals surface area contributed by atoms with Crippen molar-refractivity contribution >= 4 is 29.6 Å². The van der Waals surface area contributed by atoms with Gasteiger partial charge in [0.05, 0.1) is 52.9 Å². The number of aliphatic carboxylic acids is 1. The van der Waals surface area contributed by atoms with E-state index in [1.807, 2.05) is 0 Å². The average Bonchev–Trinajstić information content (AvgIpc) is 3.11. The van der Waals surface area contributed by atoms with E-state index in [4.69, 9.17) is 24.7 Å². The first-order chi connectivity index (χ1) is 25.3. The van der Waals surface area contributed by atoms with Crippen LogP contribution >= 0.6 is 0 Å². The molecule has 0 bridgehead atoms. The van der Waals surface area contributed by atoms with Gasteiger partial charge in [-0.25, -0.2) is 4.79 Å². The first kappa shape index (κ1) is 49.2. The van der Waals surface area contributed by atoms with Crippen LogP contribution < -0.4 is 21.7 Å². The molecule has 0 aromatic carbocycles. The molecule has 0 spiro atoms. The molecular formula is C38H72N4O10. The molecule has 0 rings (SSSR count). The highest BCUT2D eigenvalue weighted by atomic mass is 16.6. The molecule has 0 aliphatic rings. The fraction of sp³-hybridized carbons (Fsp3) is 0.868. The van der Waals surface area contributed by atoms with Gasteiger partial charge in [-0.2, -0.15) is 0 Å². The number of nitrogens with one attached hydrogen (secondary N) is 3. The zero-order chi connectivity index (χ0) is 38.3. The molecule has 0 aromatic heterocycles. The molecule has 304 valence electrons. The van der Waals surface area contributed by atoms with Gasteiger partial charge in [0, 0.05) is 38.8 Å². The van der Waals surface area contributed by atoms with E-state index in [0.717, 1.165) is 25.7 Å². The fourth-order valence-corrected chi connectivity index (χ4v) is 5.29. The van der Waals surface area contributed by atoms with Crippen LogP contribution in [-0.4, -0.2) is 107 Å². The predicted molar refractivity (Wildman–Crippen MR) is 201 cm³/mol. The molecule has 0 unspecified atom stereocenters. The van der Waals surface area contributed by atoms with Crippen molar-refractivity contribution in [2.75, 3.05) is 65.9 Å². The second-order valence-corrected chi connectivity index (χ2v) is 13.2. The molecular weight excluding hydrogens is 672 g/mol. The SMILES string of the molecule is CCCCCCCCCCCCCCCC(=O)N[C@@H](CCC(=O)NCCCCCC(=O)NCCOCCOCCOCCOCCC(N)=O)C(=O)O. The number of hydrogen-bond acceptors (Lipinski definition) is 9. The first-order valence-corrected chi connectivity index (χ1v) is 19.9. The second kappa shape index (κ2) is 37.9. The van der Waals surface area contributed by atoms with E-state index in [-0.39, 0.29) is 37.0 Å². The Morgan fingerprint density at radius 1 is 0.500 bits per heavy atom. The minimum absolute atomic E-state index is 0.0125. The summed E-state index contributed by atoms with van der Waals surface area (Å²) in [5, 5.41) is 17.7. The number of primary amides is 1. The first-order valence-electron chi connectivity index (χ1n) is 19.9. The number of hydrogen-bond donors (Lipinski definition) is 5. The highest BCUT2D eigenvalue weighted by Crippen LogP contribution is 2.13. The van der Waals surface area contributed by atoms with Crippen molar-refractivity contribution in [1.29, 1.82) is 0 Å². The lowest BCUT2D eigenvalue weighted by Crippen LogP contribution is -2.41. The zero-order valence-electron chi connectivity index (χ0n) is 32.2. The summed E-state index contributed by atoms with van der Waals surface area (Å²) in [7, 11) is 0. The number of rotatable bonds is 40. The van der Waals surface area contributed by atoms with E-state index in [2.05, 4.69) is 22.9 Å². The number of carbonyl (C=O) groups is 5. The van der Waals surface area contributed by atoms with E-state index < -0.39 is 17.9 Å². The third-order valence-corrected chi connectivity index (χ3v) is 8.38. The van der Waals surface area contributed by atoms with Crippen LogP contribution in [0.25, 0.3) is 0 Å². The van der Waals surface area contributed by atoms with Gasteiger partial charge in [-0.05, 0) is 25.7 Å². The van der Waals surface area contributed by atoms with E-state index in [9.17, 15) is 29.1 Å². The molecule has 0 aliphatic carbocycles. The van der Waals surface area contributed by atoms with Crippen LogP contribution in [0.5, 0.6) is 0 Å². The van der Waals surface area contributed by atoms with Crippen LogP contribution in [0.15, 0.2) is 0 Å². The lowest BCUT2D eigenvalue weighted by molar-refractivity contribution is -0.142. The van der Waals surface area contributed by atoms with E-state index in [1.54, 1.807) is 0 Å². The summed E-state index contributed by atoms with van der Waals surface area (Å²) >= 11 is 0. The predicted octanol–water partition coefficient (Wildman–Crippen LogP) is 4.55. The van der Waals surface area contributed by atoms with Gasteiger partial charge in [-0.15, -0.1) is 0 Å². The Morgan fingerprint density at radius 2 is 0.923 bits per heavy atom. The van der Waals surface area contributed by atoms with Crippen molar-refractivity contribution in [3.8, 4) is 0 Å². The van der Waals surface area contributed by atoms with Crippen molar-refractivity contribution in [2.45, 2.75) is 148 Å². The van der Waals surface area contributed by atoms with Crippen molar-refractivity contribution in [3.63, 3.8) is 0 Å². The van der Waals surface area contributed by atoms with Gasteiger partial charge in [-0.1, -0.05) is 90.4 Å². The van der Waals surface area contributed by atoms with E-state index in [0.29, 0.717) is 91.6 Å². The molecule has 1 atom stereocenters. The molecule has 14 nitrogen and oxygen atoms in total. The van der Waals surface area contributed by atoms with Gasteiger partial charge in [0.25, 0.3) is 0 Å². The highest BCUT2D eigenvalue weighted by molar-refractivity contribution is 5.84. The molecule has 0 saturated heterocycles. The largest absolute Gasteiger partial charge is 0.480 e. The smallest absolute Gasteiger partial charge is 0.326 e. The van der Waals surface area contributed by atoms with E-state index in [1.165, 1.54) is 64.2 Å². The fourth-order valence-electron chi connectivity index (χ4n) is 5.29. The van der Waals surface area contributed by atoms with E-state index >= 15 is 0 Å². The third-order valence-electron chi connectivity index (χ3n) is 8.38. The molecule has 14 heteroatoms. The second-order valence-electron chi connectivity index (χ2n) is 13.2. The maximum absolute atomic E-state index is 12.3. The summed E-state index contributed by atoms with van der Waals surface area (Å²) in [5.41, 5.74) is 5.02. The number of amides is 4. The molecule has 0 saturated carbocycles. The zero-order valence-corrected chi connectivity index (χ0v) is 32.2. The maximum atomic E-state index is 12.3. The Bertz CT molecular complexity index is 909. The number of carboxylic acid groups (broad SMARTS) is 1. The summed E-state index contributed by atoms with van der Waals surface area (Å²) in [6, 6.07) is -1.08. The molecule has 0 fully saturated rings. The number of nitrogens with two attached hydrogens (primary N) is 1. The summed E-state index contributed by atoms with van der Waals surface area (Å²) in [4.78, 5) is 58.7. The summed E-state index contributed by atoms with van der Waals surface area (Å²) in [5.74, 6) is -2.13. The Labute approximate surface area is 312 Å². The summed E-state index contributed by atoms with van der Waals surface area (Å²) in [6.45, 7) is 6.24. The molecule has 0 aromatic rings. The number of unbranched alkanes of at least 4 members (excludes halogenated alkanes) is 14. The van der Waals surface area contributed by atoms with Gasteiger partial charge in [0.15, 0.2) is 0 Å². The van der Waals surface area contributed by atoms with Gasteiger partial charge < -0.3 is 45.7 Å². The van der Waals surface area contributed by atoms with Gasteiger partial charge >= 0.3 is 5.97 Å². The van der Waals surface area contributed by atoms with Crippen LogP contribution in [0.1, 0.15) is 142 Å². The molecule has 0 aliphatic heterocycles. The molecule has 4 amide bonds. The monoisotopic (exact) mass is 745 g/mol. The van der Waals surface area contributed by atoms with Crippen molar-refractivity contribution in [2.24, 2.45) is 5.73 Å². The maximum Gasteiger partial charge on any atom is 0.326 e. The topological polar surface area (TPSA) is 205 Å². The van der Waals surface area contributed by atoms with Crippen molar-refractivity contribution in [3.05, 3.63) is 0 Å². The van der Waals surface area contributed by atoms with Crippen molar-refractivity contribution in [1.82, 2.24) is 16.0 Å². The standard InChI is InChI=1S/C38H72N4O10/c1-2-3-4-5-6-7-8-9-10-11-12-13-15-19-37(46)42-33(38(47)48)20-21-36(45)40-23-17-14-16-18-35(44)41-24-26-50-28-30-52-32-31-51-29-27-49-25-22-34(39)43/h33H,2-32H2,1H3,(H2,39,43)(H,40,45)(H,41,44)(H,42,46)(H,47,48)/t33-/m0/s1. The number of carbonyl (C=O) groups excluding carboxylic acids is 4. The van der Waals surface area contributed by atoms with Gasteiger partial charge in [-0.3, -0.25) is 19.2 Å². The lowest BCUT2D eigenvalue weighted by Gasteiger charge is -2.14. The quantitative estimate of drug-likeness (QED) is 0.0554. The van der Waals surface area contributed by atoms with Crippen LogP contribution in [0.4, 0.5) is 0 Å². The lowest BCUT2D eigenvalue weighted by atomic mass is 10.0. The summed E-state index contributed by atoms with van der Waals surface area (Å²) in [6.07, 6.45) is 18.9. The van der Waals surface area contributed by atoms with Gasteiger partial charge in [0.1, 0.15) is 6.04 Å². The Morgan fingerprint density at radius 3 is 1.44 bits per heavy atom. The highest BCUT2D eigenvalue weighted by Gasteiger charge is 2.20. The summed E-state index contributed by atoms with van der Waals surface area (Å²) < 4.78 is 21.4. The molecule has 0 radical (unpaired) electrons. The van der Waals surface area contributed by atoms with Crippen LogP contribution in [0.3, 0.4) is 0 Å². The van der Waals surface area contributed by atoms with Crippen LogP contribution in [-0.2, 0) is 42.9 Å². The van der Waals surface area contributed by atoms with Gasteiger partial charge in [0.2, 0.25) is 23.6 Å².